The molecule has 0 saturated carbocycles. The number of urea groups is 1. The molecule has 2 aliphatic rings. The van der Waals surface area contributed by atoms with Gasteiger partial charge in [-0.1, -0.05) is 24.3 Å². The molecule has 2 aliphatic heterocycles. The molecule has 0 aromatic heterocycles. The first-order chi connectivity index (χ1) is 11.9. The van der Waals surface area contributed by atoms with Crippen molar-refractivity contribution in [1.82, 2.24) is 15.1 Å². The van der Waals surface area contributed by atoms with Crippen molar-refractivity contribution < 1.29 is 15.0 Å². The van der Waals surface area contributed by atoms with E-state index >= 15 is 0 Å². The van der Waals surface area contributed by atoms with Crippen LogP contribution in [0.4, 0.5) is 4.79 Å². The topological polar surface area (TPSA) is 76.0 Å². The Morgan fingerprint density at radius 3 is 2.64 bits per heavy atom. The Hall–Kier alpha value is -1.63. The number of nitrogens with one attached hydrogen (secondary N) is 1. The summed E-state index contributed by atoms with van der Waals surface area (Å²) in [7, 11) is 0. The van der Waals surface area contributed by atoms with E-state index in [9.17, 15) is 15.0 Å². The van der Waals surface area contributed by atoms with Gasteiger partial charge in [-0.3, -0.25) is 4.90 Å². The number of β-amino-alcohol motifs (C(OH)–C–C–N with tert-alkyl or cyclic N) is 1. The minimum Gasteiger partial charge on any atom is -0.390 e. The maximum absolute atomic E-state index is 12.2. The number of carbonyl (C=O) groups is 1. The quantitative estimate of drug-likeness (QED) is 0.758. The van der Waals surface area contributed by atoms with Gasteiger partial charge in [0.15, 0.2) is 0 Å². The first-order valence-corrected chi connectivity index (χ1v) is 9.15. The van der Waals surface area contributed by atoms with Gasteiger partial charge in [0.05, 0.1) is 11.7 Å². The molecule has 6 heteroatoms. The van der Waals surface area contributed by atoms with Gasteiger partial charge in [-0.25, -0.2) is 4.79 Å². The van der Waals surface area contributed by atoms with E-state index in [1.54, 1.807) is 4.90 Å². The number of hydrogen-bond donors (Lipinski definition) is 3. The molecule has 0 bridgehead atoms. The Kier molecular flexibility index (Phi) is 5.61. The van der Waals surface area contributed by atoms with Crippen LogP contribution in [0.15, 0.2) is 24.3 Å². The second kappa shape index (κ2) is 7.72. The highest BCUT2D eigenvalue weighted by Crippen LogP contribution is 2.21. The van der Waals surface area contributed by atoms with Crippen molar-refractivity contribution in [3.63, 3.8) is 0 Å². The smallest absolute Gasteiger partial charge is 0.317 e. The van der Waals surface area contributed by atoms with Crippen LogP contribution in [0.2, 0.25) is 0 Å². The summed E-state index contributed by atoms with van der Waals surface area (Å²) in [6.07, 6.45) is 1.61. The third kappa shape index (κ3) is 4.93. The average molecular weight is 347 g/mol. The number of aliphatic hydroxyl groups is 2. The standard InChI is InChI=1S/C19H29N3O3/c1-19(25)7-10-22(11-8-19)18(24)20-12-17(23)14-21-9-6-15-4-2-3-5-16(15)13-21/h2-5,17,23,25H,6-14H2,1H3,(H,20,24)/t17-/m0/s1. The predicted octanol–water partition coefficient (Wildman–Crippen LogP) is 0.962. The van der Waals surface area contributed by atoms with Gasteiger partial charge in [-0.2, -0.15) is 0 Å². The van der Waals surface area contributed by atoms with Gasteiger partial charge in [0.25, 0.3) is 0 Å². The van der Waals surface area contributed by atoms with E-state index in [2.05, 4.69) is 34.5 Å². The van der Waals surface area contributed by atoms with Crippen molar-refractivity contribution in [2.45, 2.75) is 44.4 Å². The van der Waals surface area contributed by atoms with Crippen LogP contribution in [0.25, 0.3) is 0 Å². The Labute approximate surface area is 149 Å². The molecule has 1 fully saturated rings. The third-order valence-electron chi connectivity index (χ3n) is 5.30. The fraction of sp³-hybridized carbons (Fsp3) is 0.632. The number of aliphatic hydroxyl groups excluding tert-OH is 1. The lowest BCUT2D eigenvalue weighted by Crippen LogP contribution is -2.50. The summed E-state index contributed by atoms with van der Waals surface area (Å²) in [4.78, 5) is 16.1. The van der Waals surface area contributed by atoms with Gasteiger partial charge in [0.1, 0.15) is 0 Å². The summed E-state index contributed by atoms with van der Waals surface area (Å²) in [5.41, 5.74) is 2.05. The summed E-state index contributed by atoms with van der Waals surface area (Å²) in [6.45, 7) is 5.51. The Bertz CT molecular complexity index is 595. The number of fused-ring (bicyclic) bond motifs is 1. The highest BCUT2D eigenvalue weighted by atomic mass is 16.3. The second-order valence-corrected chi connectivity index (χ2v) is 7.58. The molecule has 0 aliphatic carbocycles. The van der Waals surface area contributed by atoms with Crippen molar-refractivity contribution in [3.05, 3.63) is 35.4 Å². The van der Waals surface area contributed by atoms with Crippen molar-refractivity contribution in [3.8, 4) is 0 Å². The second-order valence-electron chi connectivity index (χ2n) is 7.58. The minimum atomic E-state index is -0.666. The van der Waals surface area contributed by atoms with Gasteiger partial charge in [0, 0.05) is 39.3 Å². The predicted molar refractivity (Wildman–Crippen MR) is 96.3 cm³/mol. The SMILES string of the molecule is CC1(O)CCN(C(=O)NC[C@H](O)CN2CCc3ccccc3C2)CC1. The molecule has 0 spiro atoms. The zero-order valence-corrected chi connectivity index (χ0v) is 14.9. The summed E-state index contributed by atoms with van der Waals surface area (Å²) in [5, 5.41) is 23.0. The summed E-state index contributed by atoms with van der Waals surface area (Å²) >= 11 is 0. The van der Waals surface area contributed by atoms with Gasteiger partial charge in [-0.05, 0) is 37.3 Å². The van der Waals surface area contributed by atoms with Crippen molar-refractivity contribution >= 4 is 6.03 Å². The number of amides is 2. The van der Waals surface area contributed by atoms with Gasteiger partial charge < -0.3 is 20.4 Å². The van der Waals surface area contributed by atoms with Crippen molar-refractivity contribution in [2.75, 3.05) is 32.7 Å². The van der Waals surface area contributed by atoms with Crippen molar-refractivity contribution in [2.24, 2.45) is 0 Å². The fourth-order valence-corrected chi connectivity index (χ4v) is 3.58. The number of hydrogen-bond acceptors (Lipinski definition) is 4. The number of benzene rings is 1. The molecule has 0 unspecified atom stereocenters. The first-order valence-electron chi connectivity index (χ1n) is 9.15. The van der Waals surface area contributed by atoms with Gasteiger partial charge >= 0.3 is 6.03 Å². The normalized spacial score (nSPS) is 21.5. The molecule has 1 saturated heterocycles. The molecule has 3 N–H and O–H groups in total. The largest absolute Gasteiger partial charge is 0.390 e. The zero-order valence-electron chi connectivity index (χ0n) is 14.9. The summed E-state index contributed by atoms with van der Waals surface area (Å²) in [6, 6.07) is 8.27. The molecule has 2 heterocycles. The molecule has 6 nitrogen and oxygen atoms in total. The van der Waals surface area contributed by atoms with Gasteiger partial charge in [-0.15, -0.1) is 0 Å². The van der Waals surface area contributed by atoms with Crippen LogP contribution in [-0.4, -0.2) is 70.5 Å². The zero-order chi connectivity index (χ0) is 17.9. The van der Waals surface area contributed by atoms with Crippen LogP contribution in [0.5, 0.6) is 0 Å². The summed E-state index contributed by atoms with van der Waals surface area (Å²) in [5.74, 6) is 0. The number of piperidine rings is 1. The maximum Gasteiger partial charge on any atom is 0.317 e. The third-order valence-corrected chi connectivity index (χ3v) is 5.30. The Morgan fingerprint density at radius 1 is 1.24 bits per heavy atom. The van der Waals surface area contributed by atoms with Crippen LogP contribution in [0.3, 0.4) is 0 Å². The number of rotatable bonds is 4. The lowest BCUT2D eigenvalue weighted by Gasteiger charge is -2.36. The van der Waals surface area contributed by atoms with Crippen LogP contribution in [0, 0.1) is 0 Å². The maximum atomic E-state index is 12.2. The molecular formula is C19H29N3O3. The van der Waals surface area contributed by atoms with Crippen LogP contribution in [0.1, 0.15) is 30.9 Å². The van der Waals surface area contributed by atoms with Crippen LogP contribution in [-0.2, 0) is 13.0 Å². The molecule has 1 atom stereocenters. The van der Waals surface area contributed by atoms with E-state index in [4.69, 9.17) is 0 Å². The van der Waals surface area contributed by atoms with Crippen LogP contribution >= 0.6 is 0 Å². The van der Waals surface area contributed by atoms with E-state index in [1.165, 1.54) is 11.1 Å². The lowest BCUT2D eigenvalue weighted by atomic mass is 9.94. The van der Waals surface area contributed by atoms with E-state index < -0.39 is 11.7 Å². The van der Waals surface area contributed by atoms with E-state index in [0.29, 0.717) is 32.5 Å². The molecule has 1 aromatic carbocycles. The average Bonchev–Trinajstić information content (AvgIpc) is 2.59. The van der Waals surface area contributed by atoms with Gasteiger partial charge in [0.2, 0.25) is 0 Å². The lowest BCUT2D eigenvalue weighted by molar-refractivity contribution is 0.00394. The summed E-state index contributed by atoms with van der Waals surface area (Å²) < 4.78 is 0. The molecule has 1 aromatic rings. The first kappa shape index (κ1) is 18.2. The molecule has 0 radical (unpaired) electrons. The highest BCUT2D eigenvalue weighted by Gasteiger charge is 2.29. The van der Waals surface area contributed by atoms with E-state index in [0.717, 1.165) is 19.5 Å². The van der Waals surface area contributed by atoms with Crippen LogP contribution < -0.4 is 5.32 Å². The molecule has 3 rings (SSSR count). The molecular weight excluding hydrogens is 318 g/mol. The highest BCUT2D eigenvalue weighted by molar-refractivity contribution is 5.74. The Balaban J connectivity index is 1.40. The minimum absolute atomic E-state index is 0.154. The van der Waals surface area contributed by atoms with E-state index in [1.807, 2.05) is 6.92 Å². The van der Waals surface area contributed by atoms with Crippen molar-refractivity contribution in [1.29, 1.82) is 0 Å². The monoisotopic (exact) mass is 347 g/mol. The molecule has 25 heavy (non-hydrogen) atoms. The Morgan fingerprint density at radius 2 is 1.92 bits per heavy atom. The number of nitrogens with zero attached hydrogens (tertiary/aromatic N) is 2. The number of carbonyl (C=O) groups excluding carboxylic acids is 1. The fourth-order valence-electron chi connectivity index (χ4n) is 3.58. The van der Waals surface area contributed by atoms with E-state index in [-0.39, 0.29) is 12.6 Å². The number of likely N-dealkylation sites (tertiary alicyclic amines) is 1. The molecule has 138 valence electrons. The molecule has 2 amide bonds.